The Kier molecular flexibility index (Phi) is 5.31. The molecule has 1 fully saturated rings. The van der Waals surface area contributed by atoms with Gasteiger partial charge in [-0.15, -0.1) is 0 Å². The van der Waals surface area contributed by atoms with Gasteiger partial charge in [-0.2, -0.15) is 0 Å². The lowest BCUT2D eigenvalue weighted by Crippen LogP contribution is -2.34. The minimum Gasteiger partial charge on any atom is -0.508 e. The third-order valence-electron chi connectivity index (χ3n) is 5.86. The van der Waals surface area contributed by atoms with E-state index in [4.69, 9.17) is 4.98 Å². The van der Waals surface area contributed by atoms with Crippen LogP contribution in [0.5, 0.6) is 5.75 Å². The molecule has 5 nitrogen and oxygen atoms in total. The number of anilines is 1. The van der Waals surface area contributed by atoms with Crippen molar-refractivity contribution in [3.8, 4) is 28.1 Å². The molecule has 31 heavy (non-hydrogen) atoms. The average Bonchev–Trinajstić information content (AvgIpc) is 2.85. The predicted octanol–water partition coefficient (Wildman–Crippen LogP) is 5.64. The summed E-state index contributed by atoms with van der Waals surface area (Å²) in [5.41, 5.74) is 5.13. The highest BCUT2D eigenvalue weighted by atomic mass is 16.3. The summed E-state index contributed by atoms with van der Waals surface area (Å²) in [7, 11) is 0. The van der Waals surface area contributed by atoms with Crippen molar-refractivity contribution in [1.82, 2.24) is 15.0 Å². The monoisotopic (exact) mass is 408 g/mol. The molecule has 0 spiro atoms. The zero-order valence-corrected chi connectivity index (χ0v) is 17.2. The number of benzene rings is 1. The molecule has 154 valence electrons. The van der Waals surface area contributed by atoms with E-state index in [9.17, 15) is 5.11 Å². The molecule has 5 heteroatoms. The third-order valence-corrected chi connectivity index (χ3v) is 5.86. The van der Waals surface area contributed by atoms with Crippen LogP contribution in [0.4, 0.5) is 5.82 Å². The largest absolute Gasteiger partial charge is 0.508 e. The maximum Gasteiger partial charge on any atom is 0.129 e. The van der Waals surface area contributed by atoms with E-state index < -0.39 is 0 Å². The lowest BCUT2D eigenvalue weighted by molar-refractivity contribution is 0.469. The van der Waals surface area contributed by atoms with Gasteiger partial charge < -0.3 is 10.0 Å². The number of hydrogen-bond donors (Lipinski definition) is 1. The van der Waals surface area contributed by atoms with Crippen molar-refractivity contribution >= 4 is 5.82 Å². The highest BCUT2D eigenvalue weighted by Crippen LogP contribution is 2.37. The Morgan fingerprint density at radius 2 is 1.61 bits per heavy atom. The molecule has 0 amide bonds. The fourth-order valence-electron chi connectivity index (χ4n) is 4.33. The van der Waals surface area contributed by atoms with Gasteiger partial charge in [0.25, 0.3) is 0 Å². The number of phenolic OH excluding ortho intramolecular Hbond substituents is 1. The Hall–Kier alpha value is -3.73. The second-order valence-corrected chi connectivity index (χ2v) is 7.85. The van der Waals surface area contributed by atoms with Gasteiger partial charge in [-0.1, -0.05) is 18.2 Å². The van der Waals surface area contributed by atoms with Crippen LogP contribution in [0.2, 0.25) is 0 Å². The van der Waals surface area contributed by atoms with Crippen LogP contribution in [0.1, 0.15) is 30.9 Å². The van der Waals surface area contributed by atoms with E-state index in [1.807, 2.05) is 48.9 Å². The lowest BCUT2D eigenvalue weighted by atomic mass is 9.95. The number of piperidine rings is 1. The molecule has 1 unspecified atom stereocenters. The zero-order valence-electron chi connectivity index (χ0n) is 17.2. The van der Waals surface area contributed by atoms with E-state index in [0.29, 0.717) is 0 Å². The standard InChI is InChI=1S/C26H24N4O/c31-22-10-8-19(9-11-22)23-12-13-25(29-26(23)21-6-4-15-28-18-21)30-16-2-1-7-24(30)20-5-3-14-27-17-20/h3-6,8-15,17-18,24,31H,1-2,7,16H2. The number of hydrogen-bond acceptors (Lipinski definition) is 5. The maximum atomic E-state index is 9.70. The number of aromatic hydroxyl groups is 1. The second-order valence-electron chi connectivity index (χ2n) is 7.85. The van der Waals surface area contributed by atoms with Crippen molar-refractivity contribution in [1.29, 1.82) is 0 Å². The molecule has 0 saturated carbocycles. The molecule has 5 rings (SSSR count). The van der Waals surface area contributed by atoms with Crippen LogP contribution in [-0.4, -0.2) is 26.6 Å². The van der Waals surface area contributed by atoms with Crippen molar-refractivity contribution in [3.05, 3.63) is 91.0 Å². The summed E-state index contributed by atoms with van der Waals surface area (Å²) in [4.78, 5) is 16.2. The molecule has 0 aliphatic carbocycles. The Morgan fingerprint density at radius 3 is 2.35 bits per heavy atom. The first-order chi connectivity index (χ1) is 15.3. The number of aromatic nitrogens is 3. The first-order valence-corrected chi connectivity index (χ1v) is 10.7. The fraction of sp³-hybridized carbons (Fsp3) is 0.192. The number of rotatable bonds is 4. The molecule has 1 N–H and O–H groups in total. The Morgan fingerprint density at radius 1 is 0.806 bits per heavy atom. The van der Waals surface area contributed by atoms with Gasteiger partial charge in [0, 0.05) is 42.5 Å². The lowest BCUT2D eigenvalue weighted by Gasteiger charge is -2.37. The maximum absolute atomic E-state index is 9.70. The van der Waals surface area contributed by atoms with Gasteiger partial charge in [-0.25, -0.2) is 4.98 Å². The molecule has 1 aromatic carbocycles. The third kappa shape index (κ3) is 3.99. The summed E-state index contributed by atoms with van der Waals surface area (Å²) in [6, 6.07) is 19.9. The second kappa shape index (κ2) is 8.56. The molecule has 1 aliphatic rings. The Bertz CT molecular complexity index is 1150. The van der Waals surface area contributed by atoms with Gasteiger partial charge in [0.1, 0.15) is 11.6 Å². The number of phenols is 1. The number of nitrogens with zero attached hydrogens (tertiary/aromatic N) is 4. The quantitative estimate of drug-likeness (QED) is 0.473. The van der Waals surface area contributed by atoms with Gasteiger partial charge in [-0.05, 0) is 72.9 Å². The van der Waals surface area contributed by atoms with E-state index in [2.05, 4.69) is 33.1 Å². The first-order valence-electron chi connectivity index (χ1n) is 10.7. The smallest absolute Gasteiger partial charge is 0.129 e. The zero-order chi connectivity index (χ0) is 21.0. The van der Waals surface area contributed by atoms with Crippen LogP contribution in [-0.2, 0) is 0 Å². The summed E-state index contributed by atoms with van der Waals surface area (Å²) in [5, 5.41) is 9.70. The van der Waals surface area contributed by atoms with Crippen LogP contribution in [0, 0.1) is 0 Å². The molecule has 3 aromatic heterocycles. The van der Waals surface area contributed by atoms with Crippen molar-refractivity contribution in [2.75, 3.05) is 11.4 Å². The SMILES string of the molecule is Oc1ccc(-c2ccc(N3CCCCC3c3cccnc3)nc2-c2cccnc2)cc1. The highest BCUT2D eigenvalue weighted by Gasteiger charge is 2.26. The van der Waals surface area contributed by atoms with Gasteiger partial charge >= 0.3 is 0 Å². The predicted molar refractivity (Wildman–Crippen MR) is 123 cm³/mol. The van der Waals surface area contributed by atoms with Crippen LogP contribution in [0.3, 0.4) is 0 Å². The summed E-state index contributed by atoms with van der Waals surface area (Å²) >= 11 is 0. The van der Waals surface area contributed by atoms with Crippen LogP contribution in [0.15, 0.2) is 85.5 Å². The molecule has 0 radical (unpaired) electrons. The van der Waals surface area contributed by atoms with Gasteiger partial charge in [0.15, 0.2) is 0 Å². The highest BCUT2D eigenvalue weighted by molar-refractivity contribution is 5.82. The fourth-order valence-corrected chi connectivity index (χ4v) is 4.33. The minimum absolute atomic E-state index is 0.254. The Labute approximate surface area is 182 Å². The molecule has 0 bridgehead atoms. The van der Waals surface area contributed by atoms with Crippen molar-refractivity contribution in [2.24, 2.45) is 0 Å². The van der Waals surface area contributed by atoms with Crippen molar-refractivity contribution < 1.29 is 5.11 Å². The molecule has 1 saturated heterocycles. The van der Waals surface area contributed by atoms with Crippen molar-refractivity contribution in [3.63, 3.8) is 0 Å². The first kappa shape index (κ1) is 19.2. The van der Waals surface area contributed by atoms with E-state index in [1.165, 1.54) is 12.0 Å². The van der Waals surface area contributed by atoms with Crippen LogP contribution >= 0.6 is 0 Å². The van der Waals surface area contributed by atoms with E-state index >= 15 is 0 Å². The van der Waals surface area contributed by atoms with Crippen LogP contribution in [0.25, 0.3) is 22.4 Å². The summed E-state index contributed by atoms with van der Waals surface area (Å²) < 4.78 is 0. The van der Waals surface area contributed by atoms with Gasteiger partial charge in [0.2, 0.25) is 0 Å². The summed E-state index contributed by atoms with van der Waals surface area (Å²) in [6.45, 7) is 0.970. The minimum atomic E-state index is 0.254. The van der Waals surface area contributed by atoms with Crippen LogP contribution < -0.4 is 4.90 Å². The summed E-state index contributed by atoms with van der Waals surface area (Å²) in [6.07, 6.45) is 10.9. The van der Waals surface area contributed by atoms with Crippen molar-refractivity contribution in [2.45, 2.75) is 25.3 Å². The molecule has 1 aliphatic heterocycles. The van der Waals surface area contributed by atoms with E-state index in [1.54, 1.807) is 18.3 Å². The normalized spacial score (nSPS) is 16.3. The molecule has 1 atom stereocenters. The molecule has 4 heterocycles. The molecule has 4 aromatic rings. The molecular weight excluding hydrogens is 384 g/mol. The average molecular weight is 409 g/mol. The van der Waals surface area contributed by atoms with E-state index in [0.717, 1.165) is 47.6 Å². The van der Waals surface area contributed by atoms with E-state index in [-0.39, 0.29) is 11.8 Å². The Balaban J connectivity index is 1.61. The topological polar surface area (TPSA) is 62.1 Å². The summed E-state index contributed by atoms with van der Waals surface area (Å²) in [5.74, 6) is 1.22. The molecular formula is C26H24N4O. The van der Waals surface area contributed by atoms with Gasteiger partial charge in [-0.3, -0.25) is 9.97 Å². The van der Waals surface area contributed by atoms with Gasteiger partial charge in [0.05, 0.1) is 11.7 Å². The number of pyridine rings is 3.